The van der Waals surface area contributed by atoms with E-state index in [9.17, 15) is 4.79 Å². The molecule has 0 spiro atoms. The summed E-state index contributed by atoms with van der Waals surface area (Å²) in [6, 6.07) is 2.13. The summed E-state index contributed by atoms with van der Waals surface area (Å²) in [7, 11) is 0. The van der Waals surface area contributed by atoms with Crippen LogP contribution in [0.1, 0.15) is 31.2 Å². The van der Waals surface area contributed by atoms with Gasteiger partial charge in [0.15, 0.2) is 0 Å². The summed E-state index contributed by atoms with van der Waals surface area (Å²) in [6.07, 6.45) is 5.53. The number of rotatable bonds is 4. The molecule has 2 aliphatic carbocycles. The summed E-state index contributed by atoms with van der Waals surface area (Å²) in [6.45, 7) is 0. The minimum atomic E-state index is 0.424. The van der Waals surface area contributed by atoms with E-state index in [2.05, 4.69) is 16.8 Å². The molecule has 0 aliphatic heterocycles. The number of thiophene rings is 1. The highest BCUT2D eigenvalue weighted by molar-refractivity contribution is 7.07. The van der Waals surface area contributed by atoms with Gasteiger partial charge in [-0.05, 0) is 59.9 Å². The predicted molar refractivity (Wildman–Crippen MR) is 62.0 cm³/mol. The number of Topliss-reactive ketones (excluding diaryl/α,β-unsaturated/α-hetero) is 1. The Kier molecular flexibility index (Phi) is 2.39. The van der Waals surface area contributed by atoms with E-state index in [4.69, 9.17) is 0 Å². The molecule has 0 aromatic carbocycles. The number of hydrogen-bond acceptors (Lipinski definition) is 2. The molecule has 1 nitrogen and oxygen atoms in total. The first kappa shape index (κ1) is 9.59. The Hall–Kier alpha value is -0.630. The number of carbonyl (C=O) groups excluding carboxylic acids is 1. The maximum atomic E-state index is 11.9. The van der Waals surface area contributed by atoms with Crippen molar-refractivity contribution in [1.29, 1.82) is 0 Å². The van der Waals surface area contributed by atoms with Gasteiger partial charge < -0.3 is 0 Å². The first-order valence-electron chi connectivity index (χ1n) is 5.86. The van der Waals surface area contributed by atoms with Gasteiger partial charge in [0.05, 0.1) is 0 Å². The van der Waals surface area contributed by atoms with Crippen LogP contribution in [0, 0.1) is 17.8 Å². The van der Waals surface area contributed by atoms with E-state index >= 15 is 0 Å². The van der Waals surface area contributed by atoms with Crippen LogP contribution in [-0.2, 0) is 11.2 Å². The molecule has 0 saturated heterocycles. The van der Waals surface area contributed by atoms with Gasteiger partial charge >= 0.3 is 0 Å². The van der Waals surface area contributed by atoms with Gasteiger partial charge in [0.2, 0.25) is 0 Å². The lowest BCUT2D eigenvalue weighted by Crippen LogP contribution is -2.13. The SMILES string of the molecule is O=C(CCc1ccsc1)C1CC2CC2C1. The van der Waals surface area contributed by atoms with Crippen LogP contribution in [0.4, 0.5) is 0 Å². The van der Waals surface area contributed by atoms with Crippen LogP contribution in [0.25, 0.3) is 0 Å². The fraction of sp³-hybridized carbons (Fsp3) is 0.615. The monoisotopic (exact) mass is 220 g/mol. The second-order valence-electron chi connectivity index (χ2n) is 5.02. The summed E-state index contributed by atoms with van der Waals surface area (Å²) in [4.78, 5) is 11.9. The van der Waals surface area contributed by atoms with Crippen LogP contribution >= 0.6 is 11.3 Å². The Morgan fingerprint density at radius 3 is 2.80 bits per heavy atom. The minimum absolute atomic E-state index is 0.424. The molecule has 2 aliphatic rings. The van der Waals surface area contributed by atoms with E-state index in [1.54, 1.807) is 11.3 Å². The molecular weight excluding hydrogens is 204 g/mol. The van der Waals surface area contributed by atoms with Crippen molar-refractivity contribution >= 4 is 17.1 Å². The molecule has 0 amide bonds. The average Bonchev–Trinajstić information content (AvgIpc) is 2.75. The average molecular weight is 220 g/mol. The summed E-state index contributed by atoms with van der Waals surface area (Å²) in [5.41, 5.74) is 1.33. The van der Waals surface area contributed by atoms with Crippen molar-refractivity contribution in [3.8, 4) is 0 Å². The van der Waals surface area contributed by atoms with E-state index in [1.165, 1.54) is 24.8 Å². The Balaban J connectivity index is 1.49. The number of fused-ring (bicyclic) bond motifs is 1. The molecular formula is C13H16OS. The van der Waals surface area contributed by atoms with Gasteiger partial charge in [-0.25, -0.2) is 0 Å². The molecule has 0 radical (unpaired) electrons. The minimum Gasteiger partial charge on any atom is -0.299 e. The van der Waals surface area contributed by atoms with Gasteiger partial charge in [0.1, 0.15) is 5.78 Å². The van der Waals surface area contributed by atoms with Gasteiger partial charge in [0.25, 0.3) is 0 Å². The van der Waals surface area contributed by atoms with Crippen LogP contribution in [0.3, 0.4) is 0 Å². The summed E-state index contributed by atoms with van der Waals surface area (Å²) >= 11 is 1.72. The normalized spacial score (nSPS) is 32.7. The van der Waals surface area contributed by atoms with Crippen LogP contribution in [0.2, 0.25) is 0 Å². The van der Waals surface area contributed by atoms with Gasteiger partial charge in [-0.15, -0.1) is 0 Å². The second kappa shape index (κ2) is 3.75. The first-order valence-corrected chi connectivity index (χ1v) is 6.81. The van der Waals surface area contributed by atoms with E-state index in [-0.39, 0.29) is 0 Å². The van der Waals surface area contributed by atoms with Gasteiger partial charge in [-0.3, -0.25) is 4.79 Å². The predicted octanol–water partition coefficient (Wildman–Crippen LogP) is 3.30. The Bertz CT molecular complexity index is 345. The largest absolute Gasteiger partial charge is 0.299 e. The smallest absolute Gasteiger partial charge is 0.136 e. The van der Waals surface area contributed by atoms with Crippen LogP contribution in [0.15, 0.2) is 16.8 Å². The van der Waals surface area contributed by atoms with E-state index < -0.39 is 0 Å². The van der Waals surface area contributed by atoms with Crippen molar-refractivity contribution in [2.24, 2.45) is 17.8 Å². The molecule has 15 heavy (non-hydrogen) atoms. The third-order valence-corrected chi connectivity index (χ3v) is 4.67. The highest BCUT2D eigenvalue weighted by atomic mass is 32.1. The zero-order valence-corrected chi connectivity index (χ0v) is 9.63. The molecule has 2 unspecified atom stereocenters. The van der Waals surface area contributed by atoms with Crippen molar-refractivity contribution in [3.05, 3.63) is 22.4 Å². The molecule has 2 saturated carbocycles. The second-order valence-corrected chi connectivity index (χ2v) is 5.80. The third-order valence-electron chi connectivity index (χ3n) is 3.94. The summed E-state index contributed by atoms with van der Waals surface area (Å²) < 4.78 is 0. The fourth-order valence-electron chi connectivity index (χ4n) is 2.88. The van der Waals surface area contributed by atoms with Gasteiger partial charge in [-0.2, -0.15) is 11.3 Å². The molecule has 1 aromatic heterocycles. The van der Waals surface area contributed by atoms with Crippen molar-refractivity contribution in [1.82, 2.24) is 0 Å². The zero-order valence-electron chi connectivity index (χ0n) is 8.82. The first-order chi connectivity index (χ1) is 7.33. The summed E-state index contributed by atoms with van der Waals surface area (Å²) in [5.74, 6) is 2.81. The number of carbonyl (C=O) groups is 1. The molecule has 3 rings (SSSR count). The highest BCUT2D eigenvalue weighted by Gasteiger charge is 2.47. The fourth-order valence-corrected chi connectivity index (χ4v) is 3.59. The standard InChI is InChI=1S/C13H16OS/c14-13(2-1-9-3-4-15-8-9)12-6-10-5-11(10)7-12/h3-4,8,10-12H,1-2,5-7H2. The molecule has 0 N–H and O–H groups in total. The maximum Gasteiger partial charge on any atom is 0.136 e. The lowest BCUT2D eigenvalue weighted by Gasteiger charge is -2.09. The van der Waals surface area contributed by atoms with Crippen LogP contribution in [0.5, 0.6) is 0 Å². The Morgan fingerprint density at radius 1 is 1.33 bits per heavy atom. The lowest BCUT2D eigenvalue weighted by atomic mass is 9.94. The molecule has 2 fully saturated rings. The van der Waals surface area contributed by atoms with E-state index in [1.807, 2.05) is 0 Å². The molecule has 2 atom stereocenters. The van der Waals surface area contributed by atoms with Gasteiger partial charge in [0, 0.05) is 12.3 Å². The molecule has 0 bridgehead atoms. The van der Waals surface area contributed by atoms with Crippen LogP contribution < -0.4 is 0 Å². The Labute approximate surface area is 94.5 Å². The van der Waals surface area contributed by atoms with Crippen molar-refractivity contribution in [2.45, 2.75) is 32.1 Å². The topological polar surface area (TPSA) is 17.1 Å². The number of hydrogen-bond donors (Lipinski definition) is 0. The van der Waals surface area contributed by atoms with E-state index in [0.717, 1.165) is 24.7 Å². The van der Waals surface area contributed by atoms with E-state index in [0.29, 0.717) is 11.7 Å². The van der Waals surface area contributed by atoms with Crippen molar-refractivity contribution in [3.63, 3.8) is 0 Å². The maximum absolute atomic E-state index is 11.9. The summed E-state index contributed by atoms with van der Waals surface area (Å²) in [5, 5.41) is 4.24. The molecule has 80 valence electrons. The Morgan fingerprint density at radius 2 is 2.13 bits per heavy atom. The molecule has 2 heteroatoms. The van der Waals surface area contributed by atoms with Crippen LogP contribution in [-0.4, -0.2) is 5.78 Å². The highest BCUT2D eigenvalue weighted by Crippen LogP contribution is 2.54. The van der Waals surface area contributed by atoms with Crippen molar-refractivity contribution < 1.29 is 4.79 Å². The van der Waals surface area contributed by atoms with Crippen molar-refractivity contribution in [2.75, 3.05) is 0 Å². The molecule has 1 heterocycles. The quantitative estimate of drug-likeness (QED) is 0.761. The lowest BCUT2D eigenvalue weighted by molar-refractivity contribution is -0.122. The number of aryl methyl sites for hydroxylation is 1. The third kappa shape index (κ3) is 2.00. The number of ketones is 1. The zero-order chi connectivity index (χ0) is 10.3. The molecule has 1 aromatic rings. The van der Waals surface area contributed by atoms with Gasteiger partial charge in [-0.1, -0.05) is 0 Å².